The van der Waals surface area contributed by atoms with Crippen LogP contribution in [0.3, 0.4) is 0 Å². The van der Waals surface area contributed by atoms with Gasteiger partial charge < -0.3 is 19.5 Å². The van der Waals surface area contributed by atoms with Gasteiger partial charge in [-0.05, 0) is 25.5 Å². The number of rotatable bonds is 4. The fourth-order valence-corrected chi connectivity index (χ4v) is 3.36. The molecule has 0 unspecified atom stereocenters. The lowest BCUT2D eigenvalue weighted by atomic mass is 9.74. The number of carbonyl (C=O) groups excluding carboxylic acids is 1. The van der Waals surface area contributed by atoms with Crippen molar-refractivity contribution in [2.45, 2.75) is 13.3 Å². The minimum atomic E-state index is -0.863. The van der Waals surface area contributed by atoms with Crippen LogP contribution in [0, 0.1) is 18.3 Å². The second-order valence-corrected chi connectivity index (χ2v) is 6.36. The molecule has 0 saturated carbocycles. The summed E-state index contributed by atoms with van der Waals surface area (Å²) >= 11 is 0. The lowest BCUT2D eigenvalue weighted by molar-refractivity contribution is -0.157. The van der Waals surface area contributed by atoms with Crippen molar-refractivity contribution < 1.29 is 24.2 Å². The number of carboxylic acids is 1. The second-order valence-electron chi connectivity index (χ2n) is 6.36. The van der Waals surface area contributed by atoms with E-state index in [0.717, 1.165) is 5.56 Å². The predicted molar refractivity (Wildman–Crippen MR) is 82.2 cm³/mol. The standard InChI is InChI=1S/C17H21NO5/c1-12-2-4-14(5-3-12)23-10-15(19)18-8-13-9-22-7-6-17(13,11-18)16(20)21/h2-5,13H,6-11H2,1H3,(H,20,21)/t13-,17+/m0/s1. The highest BCUT2D eigenvalue weighted by Gasteiger charge is 2.54. The van der Waals surface area contributed by atoms with Gasteiger partial charge in [0.05, 0.1) is 12.0 Å². The Hall–Kier alpha value is -2.08. The molecule has 2 heterocycles. The molecule has 1 aromatic carbocycles. The number of fused-ring (bicyclic) bond motifs is 1. The maximum Gasteiger partial charge on any atom is 0.311 e. The van der Waals surface area contributed by atoms with Crippen LogP contribution in [0.5, 0.6) is 5.75 Å². The van der Waals surface area contributed by atoms with Crippen LogP contribution in [0.1, 0.15) is 12.0 Å². The summed E-state index contributed by atoms with van der Waals surface area (Å²) < 4.78 is 10.9. The van der Waals surface area contributed by atoms with E-state index < -0.39 is 11.4 Å². The van der Waals surface area contributed by atoms with Crippen LogP contribution in [0.15, 0.2) is 24.3 Å². The first-order valence-corrected chi connectivity index (χ1v) is 7.80. The molecule has 1 N–H and O–H groups in total. The summed E-state index contributed by atoms with van der Waals surface area (Å²) in [6, 6.07) is 7.47. The first-order chi connectivity index (χ1) is 11.0. The average Bonchev–Trinajstić information content (AvgIpc) is 2.95. The largest absolute Gasteiger partial charge is 0.484 e. The molecule has 6 nitrogen and oxygen atoms in total. The summed E-state index contributed by atoms with van der Waals surface area (Å²) in [6.07, 6.45) is 0.454. The number of ether oxygens (including phenoxy) is 2. The molecule has 0 bridgehead atoms. The maximum atomic E-state index is 12.4. The smallest absolute Gasteiger partial charge is 0.311 e. The van der Waals surface area contributed by atoms with Crippen LogP contribution in [-0.4, -0.2) is 54.8 Å². The van der Waals surface area contributed by atoms with Gasteiger partial charge in [-0.1, -0.05) is 17.7 Å². The molecule has 6 heteroatoms. The Morgan fingerprint density at radius 3 is 2.78 bits per heavy atom. The zero-order chi connectivity index (χ0) is 16.4. The van der Waals surface area contributed by atoms with Gasteiger partial charge in [-0.2, -0.15) is 0 Å². The van der Waals surface area contributed by atoms with E-state index >= 15 is 0 Å². The number of hydrogen-bond donors (Lipinski definition) is 1. The number of benzene rings is 1. The molecule has 2 saturated heterocycles. The molecule has 2 aliphatic heterocycles. The van der Waals surface area contributed by atoms with E-state index in [1.54, 1.807) is 4.90 Å². The molecule has 124 valence electrons. The number of carbonyl (C=O) groups is 2. The van der Waals surface area contributed by atoms with E-state index in [0.29, 0.717) is 31.9 Å². The van der Waals surface area contributed by atoms with Gasteiger partial charge in [0.1, 0.15) is 5.75 Å². The first kappa shape index (κ1) is 15.8. The molecule has 2 aliphatic rings. The highest BCUT2D eigenvalue weighted by atomic mass is 16.5. The van der Waals surface area contributed by atoms with Crippen molar-refractivity contribution in [3.05, 3.63) is 29.8 Å². The van der Waals surface area contributed by atoms with Crippen molar-refractivity contribution in [1.29, 1.82) is 0 Å². The van der Waals surface area contributed by atoms with Crippen LogP contribution in [0.2, 0.25) is 0 Å². The summed E-state index contributed by atoms with van der Waals surface area (Å²) in [7, 11) is 0. The minimum absolute atomic E-state index is 0.0770. The summed E-state index contributed by atoms with van der Waals surface area (Å²) in [5.41, 5.74) is 0.258. The topological polar surface area (TPSA) is 76.1 Å². The Labute approximate surface area is 135 Å². The molecular formula is C17H21NO5. The summed E-state index contributed by atoms with van der Waals surface area (Å²) in [5, 5.41) is 9.61. The van der Waals surface area contributed by atoms with Crippen LogP contribution in [0.4, 0.5) is 0 Å². The highest BCUT2D eigenvalue weighted by Crippen LogP contribution is 2.42. The zero-order valence-corrected chi connectivity index (χ0v) is 13.2. The first-order valence-electron chi connectivity index (χ1n) is 7.80. The third-order valence-corrected chi connectivity index (χ3v) is 4.87. The van der Waals surface area contributed by atoms with E-state index in [1.807, 2.05) is 31.2 Å². The Balaban J connectivity index is 1.62. The minimum Gasteiger partial charge on any atom is -0.484 e. The van der Waals surface area contributed by atoms with Gasteiger partial charge in [0.15, 0.2) is 6.61 Å². The molecule has 23 heavy (non-hydrogen) atoms. The average molecular weight is 319 g/mol. The number of amides is 1. The Kier molecular flexibility index (Phi) is 4.26. The van der Waals surface area contributed by atoms with Gasteiger partial charge in [-0.25, -0.2) is 0 Å². The van der Waals surface area contributed by atoms with Crippen molar-refractivity contribution in [3.63, 3.8) is 0 Å². The highest BCUT2D eigenvalue weighted by molar-refractivity contribution is 5.82. The van der Waals surface area contributed by atoms with E-state index in [1.165, 1.54) is 0 Å². The molecule has 1 aromatic rings. The number of nitrogens with zero attached hydrogens (tertiary/aromatic N) is 1. The number of carboxylic acid groups (broad SMARTS) is 1. The molecule has 2 fully saturated rings. The lowest BCUT2D eigenvalue weighted by Gasteiger charge is -2.33. The maximum absolute atomic E-state index is 12.4. The van der Waals surface area contributed by atoms with Gasteiger partial charge in [0.2, 0.25) is 0 Å². The van der Waals surface area contributed by atoms with Gasteiger partial charge >= 0.3 is 5.97 Å². The van der Waals surface area contributed by atoms with Gasteiger partial charge in [0, 0.05) is 25.6 Å². The Morgan fingerprint density at radius 1 is 1.39 bits per heavy atom. The third-order valence-electron chi connectivity index (χ3n) is 4.87. The number of hydrogen-bond acceptors (Lipinski definition) is 4. The monoisotopic (exact) mass is 319 g/mol. The second kappa shape index (κ2) is 6.20. The number of likely N-dealkylation sites (tertiary alicyclic amines) is 1. The molecule has 0 spiro atoms. The van der Waals surface area contributed by atoms with Crippen molar-refractivity contribution >= 4 is 11.9 Å². The number of aryl methyl sites for hydroxylation is 1. The molecule has 0 aromatic heterocycles. The van der Waals surface area contributed by atoms with Gasteiger partial charge in [-0.3, -0.25) is 9.59 Å². The summed E-state index contributed by atoms with van der Waals surface area (Å²) in [4.78, 5) is 25.7. The van der Waals surface area contributed by atoms with Gasteiger partial charge in [-0.15, -0.1) is 0 Å². The summed E-state index contributed by atoms with van der Waals surface area (Å²) in [5.74, 6) is -0.518. The quantitative estimate of drug-likeness (QED) is 0.906. The lowest BCUT2D eigenvalue weighted by Crippen LogP contribution is -2.45. The molecule has 3 rings (SSSR count). The Morgan fingerprint density at radius 2 is 2.13 bits per heavy atom. The fourth-order valence-electron chi connectivity index (χ4n) is 3.36. The van der Waals surface area contributed by atoms with Crippen molar-refractivity contribution in [1.82, 2.24) is 4.90 Å². The molecule has 2 atom stereocenters. The predicted octanol–water partition coefficient (Wildman–Crippen LogP) is 1.32. The fraction of sp³-hybridized carbons (Fsp3) is 0.529. The molecular weight excluding hydrogens is 298 g/mol. The van der Waals surface area contributed by atoms with Crippen molar-refractivity contribution in [2.24, 2.45) is 11.3 Å². The Bertz CT molecular complexity index is 600. The molecule has 1 amide bonds. The molecule has 0 aliphatic carbocycles. The van der Waals surface area contributed by atoms with Crippen LogP contribution in [-0.2, 0) is 14.3 Å². The molecule has 0 radical (unpaired) electrons. The van der Waals surface area contributed by atoms with E-state index in [4.69, 9.17) is 9.47 Å². The van der Waals surface area contributed by atoms with Crippen LogP contribution in [0.25, 0.3) is 0 Å². The zero-order valence-electron chi connectivity index (χ0n) is 13.2. The van der Waals surface area contributed by atoms with Crippen LogP contribution >= 0.6 is 0 Å². The van der Waals surface area contributed by atoms with Crippen molar-refractivity contribution in [2.75, 3.05) is 32.9 Å². The van der Waals surface area contributed by atoms with Crippen LogP contribution < -0.4 is 4.74 Å². The van der Waals surface area contributed by atoms with Crippen molar-refractivity contribution in [3.8, 4) is 5.75 Å². The van der Waals surface area contributed by atoms with E-state index in [-0.39, 0.29) is 25.0 Å². The van der Waals surface area contributed by atoms with Gasteiger partial charge in [0.25, 0.3) is 5.91 Å². The van der Waals surface area contributed by atoms with E-state index in [2.05, 4.69) is 0 Å². The third kappa shape index (κ3) is 3.03. The van der Waals surface area contributed by atoms with E-state index in [9.17, 15) is 14.7 Å². The SMILES string of the molecule is Cc1ccc(OCC(=O)N2C[C@H]3COCC[C@@]3(C(=O)O)C2)cc1. The normalized spacial score (nSPS) is 26.7. The summed E-state index contributed by atoms with van der Waals surface area (Å²) in [6.45, 7) is 3.40. The number of aliphatic carboxylic acids is 1.